The second kappa shape index (κ2) is 8.83. The molecule has 1 atom stereocenters. The standard InChI is InChI=1S/C28H27N3O4/c1-16-13-17(2)27(33)22(14-16)24-23-25(30-29-24)28(34)31(26(23)19-5-4-6-20(32)15-19)12-11-18-7-9-21(35-3)10-8-18/h4-10,13-15,26,32-33H,11-12H2,1-3H3,(H,29,30). The lowest BCUT2D eigenvalue weighted by Crippen LogP contribution is -2.31. The van der Waals surface area contributed by atoms with Gasteiger partial charge in [0.05, 0.1) is 13.2 Å². The molecule has 7 heteroatoms. The van der Waals surface area contributed by atoms with Crippen molar-refractivity contribution in [2.75, 3.05) is 13.7 Å². The van der Waals surface area contributed by atoms with Crippen LogP contribution in [0, 0.1) is 13.8 Å². The van der Waals surface area contributed by atoms with E-state index in [-0.39, 0.29) is 17.4 Å². The van der Waals surface area contributed by atoms with E-state index in [1.165, 1.54) is 0 Å². The minimum absolute atomic E-state index is 0.123. The monoisotopic (exact) mass is 469 g/mol. The first kappa shape index (κ1) is 22.5. The Hall–Kier alpha value is -4.26. The van der Waals surface area contributed by atoms with E-state index in [0.29, 0.717) is 35.5 Å². The molecule has 1 aliphatic rings. The number of ether oxygens (including phenoxy) is 1. The lowest BCUT2D eigenvalue weighted by atomic mass is 9.94. The number of aromatic nitrogens is 2. The highest BCUT2D eigenvalue weighted by Gasteiger charge is 2.42. The molecular formula is C28H27N3O4. The number of phenolic OH excluding ortho intramolecular Hbond substituents is 2. The number of carbonyl (C=O) groups excluding carboxylic acids is 1. The van der Waals surface area contributed by atoms with Crippen LogP contribution in [0.2, 0.25) is 0 Å². The summed E-state index contributed by atoms with van der Waals surface area (Å²) in [4.78, 5) is 15.4. The summed E-state index contributed by atoms with van der Waals surface area (Å²) in [5, 5.41) is 28.4. The summed E-state index contributed by atoms with van der Waals surface area (Å²) in [6.07, 6.45) is 0.646. The maximum atomic E-state index is 13.6. The number of carbonyl (C=O) groups is 1. The summed E-state index contributed by atoms with van der Waals surface area (Å²) < 4.78 is 5.24. The van der Waals surface area contributed by atoms with E-state index in [2.05, 4.69) is 10.2 Å². The van der Waals surface area contributed by atoms with Crippen LogP contribution >= 0.6 is 0 Å². The second-order valence-corrected chi connectivity index (χ2v) is 8.93. The maximum absolute atomic E-state index is 13.6. The molecule has 7 nitrogen and oxygen atoms in total. The molecule has 2 heterocycles. The first-order chi connectivity index (χ1) is 16.9. The minimum atomic E-state index is -0.461. The first-order valence-corrected chi connectivity index (χ1v) is 11.5. The van der Waals surface area contributed by atoms with Gasteiger partial charge in [-0.05, 0) is 72.9 Å². The molecule has 4 aromatic rings. The van der Waals surface area contributed by atoms with Gasteiger partial charge in [-0.25, -0.2) is 0 Å². The van der Waals surface area contributed by atoms with Crippen molar-refractivity contribution in [3.8, 4) is 28.5 Å². The molecule has 0 bridgehead atoms. The van der Waals surface area contributed by atoms with E-state index >= 15 is 0 Å². The molecule has 1 unspecified atom stereocenters. The topological polar surface area (TPSA) is 98.7 Å². The van der Waals surface area contributed by atoms with Gasteiger partial charge in [0.15, 0.2) is 0 Å². The fraction of sp³-hybridized carbons (Fsp3) is 0.214. The smallest absolute Gasteiger partial charge is 0.273 e. The number of hydrogen-bond acceptors (Lipinski definition) is 5. The Balaban J connectivity index is 1.58. The van der Waals surface area contributed by atoms with E-state index in [9.17, 15) is 15.0 Å². The lowest BCUT2D eigenvalue weighted by Gasteiger charge is -2.26. The average molecular weight is 470 g/mol. The highest BCUT2D eigenvalue weighted by molar-refractivity contribution is 6.00. The Morgan fingerprint density at radius 3 is 2.54 bits per heavy atom. The van der Waals surface area contributed by atoms with Gasteiger partial charge in [0.2, 0.25) is 0 Å². The molecule has 3 aromatic carbocycles. The van der Waals surface area contributed by atoms with Crippen LogP contribution in [-0.2, 0) is 6.42 Å². The number of phenols is 2. The molecule has 35 heavy (non-hydrogen) atoms. The van der Waals surface area contributed by atoms with E-state index in [1.807, 2.05) is 56.3 Å². The van der Waals surface area contributed by atoms with Crippen LogP contribution in [0.3, 0.4) is 0 Å². The van der Waals surface area contributed by atoms with Crippen LogP contribution in [0.25, 0.3) is 11.3 Å². The van der Waals surface area contributed by atoms with Crippen molar-refractivity contribution in [2.24, 2.45) is 0 Å². The van der Waals surface area contributed by atoms with E-state index in [0.717, 1.165) is 28.0 Å². The second-order valence-electron chi connectivity index (χ2n) is 8.93. The van der Waals surface area contributed by atoms with Crippen LogP contribution in [0.5, 0.6) is 17.2 Å². The quantitative estimate of drug-likeness (QED) is 0.373. The number of amides is 1. The van der Waals surface area contributed by atoms with Crippen molar-refractivity contribution >= 4 is 5.91 Å². The zero-order valence-corrected chi connectivity index (χ0v) is 19.9. The lowest BCUT2D eigenvalue weighted by molar-refractivity contribution is 0.0745. The van der Waals surface area contributed by atoms with Crippen LogP contribution in [0.15, 0.2) is 60.7 Å². The number of nitrogens with one attached hydrogen (secondary N) is 1. The average Bonchev–Trinajstić information content (AvgIpc) is 3.39. The molecule has 0 radical (unpaired) electrons. The van der Waals surface area contributed by atoms with Gasteiger partial charge < -0.3 is 19.8 Å². The Kier molecular flexibility index (Phi) is 5.68. The molecule has 0 spiro atoms. The Morgan fingerprint density at radius 2 is 1.83 bits per heavy atom. The van der Waals surface area contributed by atoms with Crippen LogP contribution in [-0.4, -0.2) is 44.9 Å². The summed E-state index contributed by atoms with van der Waals surface area (Å²) in [5.74, 6) is 0.883. The van der Waals surface area contributed by atoms with E-state index in [1.54, 1.807) is 30.2 Å². The van der Waals surface area contributed by atoms with Crippen molar-refractivity contribution in [1.29, 1.82) is 0 Å². The summed E-state index contributed by atoms with van der Waals surface area (Å²) in [7, 11) is 1.63. The van der Waals surface area contributed by atoms with Crippen molar-refractivity contribution in [3.63, 3.8) is 0 Å². The molecule has 0 saturated heterocycles. The number of aryl methyl sites for hydroxylation is 2. The van der Waals surface area contributed by atoms with E-state index < -0.39 is 6.04 Å². The molecule has 0 fully saturated rings. The van der Waals surface area contributed by atoms with Crippen LogP contribution in [0.1, 0.15) is 44.3 Å². The zero-order chi connectivity index (χ0) is 24.7. The number of aromatic amines is 1. The Bertz CT molecular complexity index is 1410. The molecule has 0 saturated carbocycles. The summed E-state index contributed by atoms with van der Waals surface area (Å²) in [6, 6.07) is 18.0. The molecular weight excluding hydrogens is 442 g/mol. The predicted molar refractivity (Wildman–Crippen MR) is 133 cm³/mol. The van der Waals surface area contributed by atoms with Crippen molar-refractivity contribution in [2.45, 2.75) is 26.3 Å². The minimum Gasteiger partial charge on any atom is -0.508 e. The molecule has 1 aromatic heterocycles. The summed E-state index contributed by atoms with van der Waals surface area (Å²) in [6.45, 7) is 4.27. The van der Waals surface area contributed by atoms with Crippen molar-refractivity contribution in [1.82, 2.24) is 15.1 Å². The van der Waals surface area contributed by atoms with Crippen LogP contribution in [0.4, 0.5) is 0 Å². The maximum Gasteiger partial charge on any atom is 0.273 e. The Morgan fingerprint density at radius 1 is 1.06 bits per heavy atom. The number of nitrogens with zero attached hydrogens (tertiary/aromatic N) is 2. The van der Waals surface area contributed by atoms with Gasteiger partial charge in [-0.3, -0.25) is 9.89 Å². The predicted octanol–water partition coefficient (Wildman–Crippen LogP) is 4.90. The van der Waals surface area contributed by atoms with Gasteiger partial charge in [-0.2, -0.15) is 5.10 Å². The van der Waals surface area contributed by atoms with Crippen LogP contribution < -0.4 is 4.74 Å². The number of benzene rings is 3. The normalized spacial score (nSPS) is 14.9. The van der Waals surface area contributed by atoms with Crippen molar-refractivity contribution in [3.05, 3.63) is 94.2 Å². The molecule has 178 valence electrons. The number of H-pyrrole nitrogens is 1. The number of methoxy groups -OCH3 is 1. The van der Waals surface area contributed by atoms with Crippen molar-refractivity contribution < 1.29 is 19.7 Å². The number of aromatic hydroxyl groups is 2. The van der Waals surface area contributed by atoms with Gasteiger partial charge in [0, 0.05) is 17.7 Å². The molecule has 3 N–H and O–H groups in total. The molecule has 1 amide bonds. The number of fused-ring (bicyclic) bond motifs is 1. The van der Waals surface area contributed by atoms with Gasteiger partial charge in [-0.15, -0.1) is 0 Å². The number of hydrogen-bond donors (Lipinski definition) is 3. The molecule has 1 aliphatic heterocycles. The first-order valence-electron chi connectivity index (χ1n) is 11.5. The SMILES string of the molecule is COc1ccc(CCN2C(=O)c3[nH]nc(-c4cc(C)cc(C)c4O)c3C2c2cccc(O)c2)cc1. The fourth-order valence-electron chi connectivity index (χ4n) is 4.86. The zero-order valence-electron chi connectivity index (χ0n) is 19.9. The molecule has 0 aliphatic carbocycles. The third kappa shape index (κ3) is 3.99. The largest absolute Gasteiger partial charge is 0.508 e. The van der Waals surface area contributed by atoms with Gasteiger partial charge in [0.25, 0.3) is 5.91 Å². The van der Waals surface area contributed by atoms with Gasteiger partial charge in [-0.1, -0.05) is 30.3 Å². The van der Waals surface area contributed by atoms with Gasteiger partial charge in [0.1, 0.15) is 28.6 Å². The van der Waals surface area contributed by atoms with E-state index in [4.69, 9.17) is 4.74 Å². The highest BCUT2D eigenvalue weighted by Crippen LogP contribution is 2.45. The summed E-state index contributed by atoms with van der Waals surface area (Å²) >= 11 is 0. The summed E-state index contributed by atoms with van der Waals surface area (Å²) in [5.41, 5.74) is 5.81. The molecule has 5 rings (SSSR count). The highest BCUT2D eigenvalue weighted by atomic mass is 16.5. The number of rotatable bonds is 6. The Labute approximate surface area is 203 Å². The van der Waals surface area contributed by atoms with Gasteiger partial charge >= 0.3 is 0 Å². The third-order valence-electron chi connectivity index (χ3n) is 6.55. The fourth-order valence-corrected chi connectivity index (χ4v) is 4.86. The third-order valence-corrected chi connectivity index (χ3v) is 6.55.